The van der Waals surface area contributed by atoms with Crippen LogP contribution in [0, 0.1) is 0 Å². The maximum Gasteiger partial charge on any atom is 0.542 e. The van der Waals surface area contributed by atoms with E-state index in [0.717, 1.165) is 0 Å². The second kappa shape index (κ2) is 7.04. The van der Waals surface area contributed by atoms with Crippen molar-refractivity contribution in [3.63, 3.8) is 0 Å². The Labute approximate surface area is 110 Å². The highest BCUT2D eigenvalue weighted by Crippen LogP contribution is 2.38. The average molecular weight is 289 g/mol. The van der Waals surface area contributed by atoms with E-state index in [0.29, 0.717) is 0 Å². The van der Waals surface area contributed by atoms with Crippen LogP contribution in [0.2, 0.25) is 0 Å². The molecule has 104 valence electrons. The van der Waals surface area contributed by atoms with Gasteiger partial charge in [-0.25, -0.2) is 4.79 Å². The smallest absolute Gasteiger partial charge is 0.493 e. The first-order chi connectivity index (χ1) is 8.99. The Morgan fingerprint density at radius 3 is 2.58 bits per heavy atom. The number of hydrogen-bond donors (Lipinski definition) is 2. The van der Waals surface area contributed by atoms with E-state index < -0.39 is 19.8 Å². The standard InChI is InChI=1S/C11H13O7P/c1-16-9-5-7(11(13)19(14)15)3-4-8(9)18-6-10(12)17-2/h3-5,11,13H,6H2,1-2H3/p+1. The second-order valence-electron chi connectivity index (χ2n) is 3.45. The highest BCUT2D eigenvalue weighted by molar-refractivity contribution is 7.38. The SMILES string of the molecule is COC(=O)COc1ccc(C(O)[P+](=O)O)cc1OC. The van der Waals surface area contributed by atoms with E-state index >= 15 is 0 Å². The van der Waals surface area contributed by atoms with Crippen LogP contribution in [0.1, 0.15) is 11.4 Å². The molecule has 0 saturated heterocycles. The Kier molecular flexibility index (Phi) is 5.69. The van der Waals surface area contributed by atoms with E-state index in [1.807, 2.05) is 0 Å². The third-order valence-corrected chi connectivity index (χ3v) is 2.98. The Morgan fingerprint density at radius 2 is 2.05 bits per heavy atom. The zero-order valence-electron chi connectivity index (χ0n) is 10.4. The number of aliphatic hydroxyl groups excluding tert-OH is 1. The molecule has 0 amide bonds. The minimum Gasteiger partial charge on any atom is -0.493 e. The molecule has 0 aliphatic rings. The van der Waals surface area contributed by atoms with E-state index in [1.165, 1.54) is 32.4 Å². The van der Waals surface area contributed by atoms with Crippen molar-refractivity contribution in [2.75, 3.05) is 20.8 Å². The van der Waals surface area contributed by atoms with Crippen molar-refractivity contribution >= 4 is 14.0 Å². The number of esters is 1. The van der Waals surface area contributed by atoms with E-state index in [1.54, 1.807) is 0 Å². The van der Waals surface area contributed by atoms with Gasteiger partial charge in [-0.15, -0.1) is 0 Å². The van der Waals surface area contributed by atoms with Gasteiger partial charge in [-0.1, -0.05) is 0 Å². The number of ether oxygens (including phenoxy) is 3. The molecule has 1 aromatic rings. The quantitative estimate of drug-likeness (QED) is 0.594. The van der Waals surface area contributed by atoms with E-state index in [9.17, 15) is 14.5 Å². The highest BCUT2D eigenvalue weighted by atomic mass is 31.1. The van der Waals surface area contributed by atoms with Crippen LogP contribution in [-0.4, -0.2) is 36.8 Å². The van der Waals surface area contributed by atoms with Crippen LogP contribution in [0.15, 0.2) is 18.2 Å². The summed E-state index contributed by atoms with van der Waals surface area (Å²) in [5.41, 5.74) is 0.214. The number of carbonyl (C=O) groups is 1. The predicted molar refractivity (Wildman–Crippen MR) is 65.3 cm³/mol. The molecule has 0 saturated carbocycles. The number of rotatable bonds is 6. The van der Waals surface area contributed by atoms with Gasteiger partial charge in [0.1, 0.15) is 0 Å². The van der Waals surface area contributed by atoms with Crippen molar-refractivity contribution in [3.05, 3.63) is 23.8 Å². The van der Waals surface area contributed by atoms with Crippen molar-refractivity contribution in [2.45, 2.75) is 5.85 Å². The van der Waals surface area contributed by atoms with Crippen molar-refractivity contribution in [1.82, 2.24) is 0 Å². The summed E-state index contributed by atoms with van der Waals surface area (Å²) < 4.78 is 25.4. The summed E-state index contributed by atoms with van der Waals surface area (Å²) in [6.07, 6.45) is 0. The molecule has 1 rings (SSSR count). The van der Waals surface area contributed by atoms with Crippen molar-refractivity contribution < 1.29 is 33.6 Å². The van der Waals surface area contributed by atoms with Crippen molar-refractivity contribution in [3.8, 4) is 11.5 Å². The summed E-state index contributed by atoms with van der Waals surface area (Å²) in [6, 6.07) is 4.20. The lowest BCUT2D eigenvalue weighted by Crippen LogP contribution is -2.13. The van der Waals surface area contributed by atoms with Gasteiger partial charge >= 0.3 is 19.8 Å². The summed E-state index contributed by atoms with van der Waals surface area (Å²) in [4.78, 5) is 19.8. The molecule has 2 atom stereocenters. The topological polar surface area (TPSA) is 102 Å². The maximum atomic E-state index is 10.9. The molecule has 8 heteroatoms. The molecule has 19 heavy (non-hydrogen) atoms. The number of carbonyl (C=O) groups excluding carboxylic acids is 1. The first-order valence-electron chi connectivity index (χ1n) is 5.20. The summed E-state index contributed by atoms with van der Waals surface area (Å²) in [6.45, 7) is -0.289. The van der Waals surface area contributed by atoms with Gasteiger partial charge in [0.2, 0.25) is 0 Å². The minimum atomic E-state index is -2.75. The summed E-state index contributed by atoms with van der Waals surface area (Å²) >= 11 is 0. The molecular weight excluding hydrogens is 275 g/mol. The third-order valence-electron chi connectivity index (χ3n) is 2.27. The summed E-state index contributed by atoms with van der Waals surface area (Å²) in [5, 5.41) is 9.46. The van der Waals surface area contributed by atoms with Gasteiger partial charge in [0.25, 0.3) is 0 Å². The lowest BCUT2D eigenvalue weighted by Gasteiger charge is -2.10. The molecule has 2 N–H and O–H groups in total. The number of hydrogen-bond acceptors (Lipinski definition) is 6. The lowest BCUT2D eigenvalue weighted by atomic mass is 10.2. The molecule has 0 heterocycles. The van der Waals surface area contributed by atoms with Crippen LogP contribution in [0.25, 0.3) is 0 Å². The van der Waals surface area contributed by atoms with E-state index in [2.05, 4.69) is 4.74 Å². The molecule has 0 radical (unpaired) electrons. The van der Waals surface area contributed by atoms with Gasteiger partial charge in [-0.2, -0.15) is 4.89 Å². The van der Waals surface area contributed by atoms with Crippen LogP contribution in [0.5, 0.6) is 11.5 Å². The molecule has 0 aromatic heterocycles. The van der Waals surface area contributed by atoms with Crippen LogP contribution >= 0.6 is 8.03 Å². The van der Waals surface area contributed by atoms with Crippen LogP contribution in [0.3, 0.4) is 0 Å². The van der Waals surface area contributed by atoms with Gasteiger partial charge in [0.05, 0.1) is 14.2 Å². The zero-order chi connectivity index (χ0) is 14.4. The number of methoxy groups -OCH3 is 2. The van der Waals surface area contributed by atoms with Gasteiger partial charge in [-0.05, 0) is 22.8 Å². The number of aliphatic hydroxyl groups is 1. The Balaban J connectivity index is 2.90. The molecule has 0 aliphatic heterocycles. The second-order valence-corrected chi connectivity index (χ2v) is 4.55. The fourth-order valence-electron chi connectivity index (χ4n) is 1.29. The van der Waals surface area contributed by atoms with Gasteiger partial charge in [0, 0.05) is 5.56 Å². The van der Waals surface area contributed by atoms with Gasteiger partial charge < -0.3 is 19.3 Å². The zero-order valence-corrected chi connectivity index (χ0v) is 11.3. The monoisotopic (exact) mass is 289 g/mol. The van der Waals surface area contributed by atoms with E-state index in [4.69, 9.17) is 14.4 Å². The third kappa shape index (κ3) is 4.17. The molecule has 0 bridgehead atoms. The Hall–Kier alpha value is -1.69. The minimum absolute atomic E-state index is 0.214. The summed E-state index contributed by atoms with van der Waals surface area (Å²) in [5.74, 6) is -1.56. The normalized spacial score (nSPS) is 12.5. The van der Waals surface area contributed by atoms with Gasteiger partial charge in [-0.3, -0.25) is 0 Å². The Morgan fingerprint density at radius 1 is 1.37 bits per heavy atom. The molecule has 0 spiro atoms. The Bertz CT molecular complexity index is 474. The molecule has 0 fully saturated rings. The first kappa shape index (κ1) is 15.4. The average Bonchev–Trinajstić information content (AvgIpc) is 2.43. The fourth-order valence-corrected chi connectivity index (χ4v) is 1.70. The highest BCUT2D eigenvalue weighted by Gasteiger charge is 2.29. The van der Waals surface area contributed by atoms with Crippen LogP contribution in [0.4, 0.5) is 0 Å². The number of benzene rings is 1. The molecule has 0 aliphatic carbocycles. The van der Waals surface area contributed by atoms with Crippen molar-refractivity contribution in [1.29, 1.82) is 0 Å². The predicted octanol–water partition coefficient (Wildman–Crippen LogP) is 0.973. The van der Waals surface area contributed by atoms with E-state index in [-0.39, 0.29) is 23.7 Å². The first-order valence-corrected chi connectivity index (χ1v) is 6.48. The van der Waals surface area contributed by atoms with Crippen molar-refractivity contribution in [2.24, 2.45) is 0 Å². The maximum absolute atomic E-state index is 10.9. The van der Waals surface area contributed by atoms with Crippen LogP contribution < -0.4 is 9.47 Å². The van der Waals surface area contributed by atoms with Crippen LogP contribution in [-0.2, 0) is 14.1 Å². The molecule has 2 unspecified atom stereocenters. The fraction of sp³-hybridized carbons (Fsp3) is 0.364. The van der Waals surface area contributed by atoms with Gasteiger partial charge in [0.15, 0.2) is 18.1 Å². The lowest BCUT2D eigenvalue weighted by molar-refractivity contribution is -0.142. The largest absolute Gasteiger partial charge is 0.542 e. The molecule has 1 aromatic carbocycles. The summed E-state index contributed by atoms with van der Waals surface area (Å²) in [7, 11) is -0.144. The molecular formula is C11H14O7P+. The molecule has 7 nitrogen and oxygen atoms in total.